The van der Waals surface area contributed by atoms with E-state index >= 15 is 0 Å². The van der Waals surface area contributed by atoms with Crippen molar-refractivity contribution in [2.45, 2.75) is 5.60 Å². The molecule has 1 heterocycles. The van der Waals surface area contributed by atoms with Gasteiger partial charge in [-0.25, -0.2) is 0 Å². The molecule has 4 aromatic rings. The van der Waals surface area contributed by atoms with Crippen molar-refractivity contribution in [2.75, 3.05) is 0 Å². The number of halogens is 1. The number of hydrogen-bond acceptors (Lipinski definition) is 2. The highest BCUT2D eigenvalue weighted by Gasteiger charge is 2.36. The molecule has 1 aromatic heterocycles. The first-order valence-corrected chi connectivity index (χ1v) is 9.11. The molecular weight excluding hydrogens is 354 g/mol. The number of benzene rings is 3. The summed E-state index contributed by atoms with van der Waals surface area (Å²) >= 11 is 6.06. The summed E-state index contributed by atoms with van der Waals surface area (Å²) in [4.78, 5) is 4.24. The zero-order valence-electron chi connectivity index (χ0n) is 14.6. The fourth-order valence-electron chi connectivity index (χ4n) is 3.41. The molecule has 1 N–H and O–H groups in total. The Morgan fingerprint density at radius 1 is 0.704 bits per heavy atom. The van der Waals surface area contributed by atoms with Crippen molar-refractivity contribution in [2.24, 2.45) is 0 Å². The molecule has 2 nitrogen and oxygen atoms in total. The Kier molecular flexibility index (Phi) is 4.76. The van der Waals surface area contributed by atoms with Gasteiger partial charge in [0.2, 0.25) is 0 Å². The summed E-state index contributed by atoms with van der Waals surface area (Å²) in [6, 6.07) is 29.0. The SMILES string of the molecule is OC(c1ccccc1)(c1cccnc1)c1ccccc1-c1ccc(Cl)cc1. The Morgan fingerprint density at radius 2 is 1.37 bits per heavy atom. The van der Waals surface area contributed by atoms with Crippen LogP contribution in [0.2, 0.25) is 5.02 Å². The molecule has 3 aromatic carbocycles. The number of nitrogens with zero attached hydrogens (tertiary/aromatic N) is 1. The van der Waals surface area contributed by atoms with Crippen LogP contribution in [0.1, 0.15) is 16.7 Å². The minimum Gasteiger partial charge on any atom is -0.376 e. The van der Waals surface area contributed by atoms with Gasteiger partial charge >= 0.3 is 0 Å². The summed E-state index contributed by atoms with van der Waals surface area (Å²) in [5, 5.41) is 12.7. The van der Waals surface area contributed by atoms with Crippen molar-refractivity contribution in [1.29, 1.82) is 0 Å². The molecule has 132 valence electrons. The highest BCUT2D eigenvalue weighted by Crippen LogP contribution is 2.41. The summed E-state index contributed by atoms with van der Waals surface area (Å²) in [6.45, 7) is 0. The Labute approximate surface area is 163 Å². The van der Waals surface area contributed by atoms with Gasteiger partial charge in [0.25, 0.3) is 0 Å². The quantitative estimate of drug-likeness (QED) is 0.500. The van der Waals surface area contributed by atoms with Gasteiger partial charge in [-0.15, -0.1) is 0 Å². The van der Waals surface area contributed by atoms with E-state index < -0.39 is 5.60 Å². The number of aromatic nitrogens is 1. The van der Waals surface area contributed by atoms with Crippen molar-refractivity contribution in [3.63, 3.8) is 0 Å². The van der Waals surface area contributed by atoms with Crippen LogP contribution in [0.4, 0.5) is 0 Å². The van der Waals surface area contributed by atoms with Gasteiger partial charge < -0.3 is 5.11 Å². The summed E-state index contributed by atoms with van der Waals surface area (Å²) in [5.41, 5.74) is 2.92. The van der Waals surface area contributed by atoms with Crippen LogP contribution in [0, 0.1) is 0 Å². The third-order valence-electron chi connectivity index (χ3n) is 4.74. The first-order chi connectivity index (χ1) is 13.2. The van der Waals surface area contributed by atoms with E-state index in [0.29, 0.717) is 5.02 Å². The molecule has 0 aliphatic carbocycles. The molecule has 3 heteroatoms. The van der Waals surface area contributed by atoms with E-state index in [1.165, 1.54) is 0 Å². The molecule has 0 aliphatic rings. The van der Waals surface area contributed by atoms with E-state index in [2.05, 4.69) is 4.98 Å². The van der Waals surface area contributed by atoms with Crippen LogP contribution < -0.4 is 0 Å². The van der Waals surface area contributed by atoms with E-state index in [1.807, 2.05) is 91.0 Å². The van der Waals surface area contributed by atoms with E-state index in [-0.39, 0.29) is 0 Å². The zero-order chi connectivity index (χ0) is 18.7. The third-order valence-corrected chi connectivity index (χ3v) is 4.99. The lowest BCUT2D eigenvalue weighted by molar-refractivity contribution is 0.126. The summed E-state index contributed by atoms with van der Waals surface area (Å²) in [5.74, 6) is 0. The van der Waals surface area contributed by atoms with Gasteiger partial charge in [0, 0.05) is 28.5 Å². The standard InChI is InChI=1S/C24H18ClNO/c25-21-14-12-18(13-15-21)22-10-4-5-11-23(22)24(27,19-7-2-1-3-8-19)20-9-6-16-26-17-20/h1-17,27H. The van der Waals surface area contributed by atoms with Crippen LogP contribution in [-0.2, 0) is 5.60 Å². The molecule has 0 spiro atoms. The molecule has 0 aliphatic heterocycles. The van der Waals surface area contributed by atoms with Crippen molar-refractivity contribution in [3.8, 4) is 11.1 Å². The molecule has 27 heavy (non-hydrogen) atoms. The van der Waals surface area contributed by atoms with Gasteiger partial charge in [-0.05, 0) is 34.9 Å². The average Bonchev–Trinajstić information content (AvgIpc) is 2.75. The maximum atomic E-state index is 12.1. The van der Waals surface area contributed by atoms with Gasteiger partial charge in [-0.3, -0.25) is 4.98 Å². The van der Waals surface area contributed by atoms with E-state index in [4.69, 9.17) is 11.6 Å². The van der Waals surface area contributed by atoms with Gasteiger partial charge in [0.05, 0.1) is 0 Å². The van der Waals surface area contributed by atoms with Crippen molar-refractivity contribution in [3.05, 3.63) is 125 Å². The third kappa shape index (κ3) is 3.25. The highest BCUT2D eigenvalue weighted by molar-refractivity contribution is 6.30. The average molecular weight is 372 g/mol. The number of rotatable bonds is 4. The predicted octanol–water partition coefficient (Wildman–Crippen LogP) is 5.69. The zero-order valence-corrected chi connectivity index (χ0v) is 15.3. The largest absolute Gasteiger partial charge is 0.376 e. The minimum absolute atomic E-state index is 0.682. The van der Waals surface area contributed by atoms with Crippen LogP contribution in [0.3, 0.4) is 0 Å². The predicted molar refractivity (Wildman–Crippen MR) is 110 cm³/mol. The molecule has 1 unspecified atom stereocenters. The van der Waals surface area contributed by atoms with Crippen molar-refractivity contribution >= 4 is 11.6 Å². The van der Waals surface area contributed by atoms with E-state index in [9.17, 15) is 5.11 Å². The van der Waals surface area contributed by atoms with Crippen LogP contribution in [0.25, 0.3) is 11.1 Å². The number of aliphatic hydroxyl groups is 1. The molecule has 0 saturated heterocycles. The maximum absolute atomic E-state index is 12.1. The smallest absolute Gasteiger partial charge is 0.142 e. The van der Waals surface area contributed by atoms with E-state index in [1.54, 1.807) is 12.4 Å². The topological polar surface area (TPSA) is 33.1 Å². The van der Waals surface area contributed by atoms with Crippen LogP contribution in [0.15, 0.2) is 103 Å². The van der Waals surface area contributed by atoms with Gasteiger partial charge in [0.15, 0.2) is 0 Å². The Hall–Kier alpha value is -2.94. The normalized spacial score (nSPS) is 13.1. The van der Waals surface area contributed by atoms with Crippen LogP contribution in [-0.4, -0.2) is 10.1 Å². The second-order valence-corrected chi connectivity index (χ2v) is 6.81. The second kappa shape index (κ2) is 7.36. The fraction of sp³-hybridized carbons (Fsp3) is 0.0417. The highest BCUT2D eigenvalue weighted by atomic mass is 35.5. The monoisotopic (exact) mass is 371 g/mol. The van der Waals surface area contributed by atoms with Crippen molar-refractivity contribution in [1.82, 2.24) is 4.98 Å². The van der Waals surface area contributed by atoms with E-state index in [0.717, 1.165) is 27.8 Å². The van der Waals surface area contributed by atoms with Gasteiger partial charge in [-0.2, -0.15) is 0 Å². The molecular formula is C24H18ClNO. The summed E-state index contributed by atoms with van der Waals surface area (Å²) < 4.78 is 0. The lowest BCUT2D eigenvalue weighted by Crippen LogP contribution is -2.29. The first kappa shape index (κ1) is 17.5. The Bertz CT molecular complexity index is 991. The molecule has 4 rings (SSSR count). The molecule has 0 fully saturated rings. The van der Waals surface area contributed by atoms with Gasteiger partial charge in [0.1, 0.15) is 5.60 Å². The van der Waals surface area contributed by atoms with Crippen LogP contribution >= 0.6 is 11.6 Å². The van der Waals surface area contributed by atoms with Crippen molar-refractivity contribution < 1.29 is 5.11 Å². The fourth-order valence-corrected chi connectivity index (χ4v) is 3.54. The number of pyridine rings is 1. The lowest BCUT2D eigenvalue weighted by atomic mass is 9.78. The maximum Gasteiger partial charge on any atom is 0.142 e. The van der Waals surface area contributed by atoms with Gasteiger partial charge in [-0.1, -0.05) is 84.4 Å². The Morgan fingerprint density at radius 3 is 2.07 bits per heavy atom. The number of hydrogen-bond donors (Lipinski definition) is 1. The lowest BCUT2D eigenvalue weighted by Gasteiger charge is -2.31. The summed E-state index contributed by atoms with van der Waals surface area (Å²) in [6.07, 6.45) is 3.42. The summed E-state index contributed by atoms with van der Waals surface area (Å²) in [7, 11) is 0. The molecule has 0 amide bonds. The minimum atomic E-state index is -1.33. The van der Waals surface area contributed by atoms with Crippen LogP contribution in [0.5, 0.6) is 0 Å². The Balaban J connectivity index is 1.99. The molecule has 1 atom stereocenters. The second-order valence-electron chi connectivity index (χ2n) is 6.37. The molecule has 0 radical (unpaired) electrons. The molecule has 0 bridgehead atoms. The molecule has 0 saturated carbocycles. The first-order valence-electron chi connectivity index (χ1n) is 8.73.